The highest BCUT2D eigenvalue weighted by Gasteiger charge is 2.29. The highest BCUT2D eigenvalue weighted by atomic mass is 35.5. The Morgan fingerprint density at radius 1 is 1.12 bits per heavy atom. The topological polar surface area (TPSA) is 88.2 Å². The van der Waals surface area contributed by atoms with Gasteiger partial charge < -0.3 is 19.7 Å². The van der Waals surface area contributed by atoms with Gasteiger partial charge in [-0.15, -0.1) is 0 Å². The van der Waals surface area contributed by atoms with E-state index in [1.807, 2.05) is 6.07 Å². The van der Waals surface area contributed by atoms with Crippen LogP contribution in [0.5, 0.6) is 11.5 Å². The van der Waals surface area contributed by atoms with Crippen LogP contribution in [-0.4, -0.2) is 70.5 Å². The van der Waals surface area contributed by atoms with E-state index in [4.69, 9.17) is 21.1 Å². The molecule has 32 heavy (non-hydrogen) atoms. The van der Waals surface area contributed by atoms with Crippen LogP contribution in [0.3, 0.4) is 0 Å². The zero-order valence-corrected chi connectivity index (χ0v) is 19.8. The van der Waals surface area contributed by atoms with Crippen LogP contribution in [0.25, 0.3) is 0 Å². The Morgan fingerprint density at radius 3 is 2.56 bits per heavy atom. The van der Waals surface area contributed by atoms with Crippen molar-refractivity contribution in [1.29, 1.82) is 0 Å². The first-order valence-corrected chi connectivity index (χ1v) is 12.1. The number of carbonyl (C=O) groups excluding carboxylic acids is 1. The number of sulfonamides is 1. The molecule has 1 amide bonds. The third-order valence-electron chi connectivity index (χ3n) is 5.28. The molecule has 0 bridgehead atoms. The average Bonchev–Trinajstić information content (AvgIpc) is 2.82. The lowest BCUT2D eigenvalue weighted by molar-refractivity contribution is -0.131. The van der Waals surface area contributed by atoms with E-state index in [0.717, 1.165) is 18.7 Å². The average molecular weight is 482 g/mol. The van der Waals surface area contributed by atoms with E-state index in [1.54, 1.807) is 36.3 Å². The first-order chi connectivity index (χ1) is 15.3. The van der Waals surface area contributed by atoms with Crippen LogP contribution in [-0.2, 0) is 21.4 Å². The van der Waals surface area contributed by atoms with Crippen molar-refractivity contribution in [3.8, 4) is 11.5 Å². The number of rotatable bonds is 9. The number of nitrogens with one attached hydrogen (secondary N) is 1. The molecule has 0 unspecified atom stereocenters. The van der Waals surface area contributed by atoms with Crippen molar-refractivity contribution in [2.45, 2.75) is 17.9 Å². The fourth-order valence-electron chi connectivity index (χ4n) is 3.54. The number of amides is 1. The molecule has 2 aromatic rings. The van der Waals surface area contributed by atoms with Crippen molar-refractivity contribution in [3.05, 3.63) is 53.1 Å². The first kappa shape index (κ1) is 24.3. The fraction of sp³-hybridized carbons (Fsp3) is 0.409. The van der Waals surface area contributed by atoms with Gasteiger partial charge in [-0.3, -0.25) is 4.79 Å². The van der Waals surface area contributed by atoms with Gasteiger partial charge in [0.05, 0.1) is 14.2 Å². The molecular weight excluding hydrogens is 454 g/mol. The fourth-order valence-corrected chi connectivity index (χ4v) is 5.39. The molecule has 1 heterocycles. The Balaban J connectivity index is 1.90. The molecule has 0 radical (unpaired) electrons. The van der Waals surface area contributed by atoms with Gasteiger partial charge in [0.15, 0.2) is 0 Å². The second-order valence-corrected chi connectivity index (χ2v) is 9.71. The molecule has 1 aliphatic rings. The molecular formula is C22H28ClN3O5S. The molecule has 1 saturated heterocycles. The lowest BCUT2D eigenvalue weighted by Crippen LogP contribution is -2.47. The summed E-state index contributed by atoms with van der Waals surface area (Å²) in [5.74, 6) is 0.742. The quantitative estimate of drug-likeness (QED) is 0.591. The van der Waals surface area contributed by atoms with Crippen LogP contribution in [0, 0.1) is 0 Å². The maximum atomic E-state index is 13.6. The molecule has 1 aliphatic heterocycles. The third-order valence-corrected chi connectivity index (χ3v) is 7.38. The molecule has 10 heteroatoms. The van der Waals surface area contributed by atoms with Crippen LogP contribution in [0.1, 0.15) is 12.0 Å². The maximum Gasteiger partial charge on any atom is 0.247 e. The van der Waals surface area contributed by atoms with Crippen molar-refractivity contribution in [2.24, 2.45) is 0 Å². The predicted octanol–water partition coefficient (Wildman–Crippen LogP) is 2.37. The van der Waals surface area contributed by atoms with Crippen LogP contribution in [0.4, 0.5) is 0 Å². The van der Waals surface area contributed by atoms with Gasteiger partial charge in [0.1, 0.15) is 16.4 Å². The maximum absolute atomic E-state index is 13.6. The van der Waals surface area contributed by atoms with E-state index in [9.17, 15) is 13.2 Å². The van der Waals surface area contributed by atoms with E-state index in [2.05, 4.69) is 5.32 Å². The summed E-state index contributed by atoms with van der Waals surface area (Å²) in [7, 11) is -1.05. The monoisotopic (exact) mass is 481 g/mol. The van der Waals surface area contributed by atoms with Gasteiger partial charge in [-0.1, -0.05) is 23.7 Å². The molecule has 2 aromatic carbocycles. The number of piperazine rings is 1. The Kier molecular flexibility index (Phi) is 8.36. The minimum Gasteiger partial charge on any atom is -0.497 e. The third kappa shape index (κ3) is 5.92. The number of ether oxygens (including phenoxy) is 2. The van der Waals surface area contributed by atoms with Crippen molar-refractivity contribution in [3.63, 3.8) is 0 Å². The SMILES string of the molecule is COc1cccc(CN(CCC(=O)N2CCNCC2)S(=O)(=O)c2cc(Cl)ccc2OC)c1. The van der Waals surface area contributed by atoms with E-state index in [-0.39, 0.29) is 41.1 Å². The van der Waals surface area contributed by atoms with Crippen molar-refractivity contribution >= 4 is 27.5 Å². The number of carbonyl (C=O) groups is 1. The summed E-state index contributed by atoms with van der Waals surface area (Å²) in [6.07, 6.45) is 0.0755. The molecule has 0 spiro atoms. The van der Waals surface area contributed by atoms with Gasteiger partial charge in [0.2, 0.25) is 15.9 Å². The first-order valence-electron chi connectivity index (χ1n) is 10.3. The second-order valence-electron chi connectivity index (χ2n) is 7.37. The Labute approximate surface area is 194 Å². The molecule has 1 fully saturated rings. The molecule has 0 atom stereocenters. The minimum atomic E-state index is -4.01. The summed E-state index contributed by atoms with van der Waals surface area (Å²) in [6, 6.07) is 11.6. The van der Waals surface area contributed by atoms with Crippen LogP contribution in [0.2, 0.25) is 5.02 Å². The van der Waals surface area contributed by atoms with E-state index < -0.39 is 10.0 Å². The highest BCUT2D eigenvalue weighted by Crippen LogP contribution is 2.31. The van der Waals surface area contributed by atoms with Gasteiger partial charge >= 0.3 is 0 Å². The molecule has 3 rings (SSSR count). The summed E-state index contributed by atoms with van der Waals surface area (Å²) in [4.78, 5) is 14.4. The second kappa shape index (κ2) is 11.0. The highest BCUT2D eigenvalue weighted by molar-refractivity contribution is 7.89. The Hall–Kier alpha value is -2.33. The number of methoxy groups -OCH3 is 2. The lowest BCUT2D eigenvalue weighted by Gasteiger charge is -2.29. The number of halogens is 1. The summed E-state index contributed by atoms with van der Waals surface area (Å²) < 4.78 is 39.1. The van der Waals surface area contributed by atoms with Crippen molar-refractivity contribution in [1.82, 2.24) is 14.5 Å². The standard InChI is InChI=1S/C22H28ClN3O5S/c1-30-19-5-3-4-17(14-19)16-26(11-8-22(27)25-12-9-24-10-13-25)32(28,29)21-15-18(23)6-7-20(21)31-2/h3-7,14-15,24H,8-13,16H2,1-2H3. The normalized spacial score (nSPS) is 14.4. The predicted molar refractivity (Wildman–Crippen MR) is 123 cm³/mol. The molecule has 8 nitrogen and oxygen atoms in total. The number of hydrogen-bond acceptors (Lipinski definition) is 6. The van der Waals surface area contributed by atoms with E-state index in [1.165, 1.54) is 23.5 Å². The molecule has 1 N–H and O–H groups in total. The smallest absolute Gasteiger partial charge is 0.247 e. The number of nitrogens with zero attached hydrogens (tertiary/aromatic N) is 2. The van der Waals surface area contributed by atoms with Crippen molar-refractivity contribution < 1.29 is 22.7 Å². The summed E-state index contributed by atoms with van der Waals surface area (Å²) >= 11 is 6.09. The molecule has 0 aliphatic carbocycles. The lowest BCUT2D eigenvalue weighted by atomic mass is 10.2. The van der Waals surface area contributed by atoms with Crippen LogP contribution in [0.15, 0.2) is 47.4 Å². The number of hydrogen-bond donors (Lipinski definition) is 1. The minimum absolute atomic E-state index is 0.0258. The zero-order chi connectivity index (χ0) is 23.1. The van der Waals surface area contributed by atoms with Gasteiger partial charge in [0, 0.05) is 50.7 Å². The van der Waals surface area contributed by atoms with Gasteiger partial charge in [-0.05, 0) is 35.9 Å². The van der Waals surface area contributed by atoms with Gasteiger partial charge in [-0.25, -0.2) is 8.42 Å². The summed E-state index contributed by atoms with van der Waals surface area (Å²) in [6.45, 7) is 2.80. The van der Waals surface area contributed by atoms with E-state index in [0.29, 0.717) is 18.8 Å². The van der Waals surface area contributed by atoms with E-state index >= 15 is 0 Å². The summed E-state index contributed by atoms with van der Waals surface area (Å²) in [5, 5.41) is 3.48. The molecule has 0 aromatic heterocycles. The Bertz CT molecular complexity index is 1040. The number of benzene rings is 2. The molecule has 0 saturated carbocycles. The van der Waals surface area contributed by atoms with Crippen molar-refractivity contribution in [2.75, 3.05) is 46.9 Å². The molecule has 174 valence electrons. The van der Waals surface area contributed by atoms with Crippen LogP contribution < -0.4 is 14.8 Å². The van der Waals surface area contributed by atoms with Gasteiger partial charge in [0.25, 0.3) is 0 Å². The summed E-state index contributed by atoms with van der Waals surface area (Å²) in [5.41, 5.74) is 0.739. The zero-order valence-electron chi connectivity index (χ0n) is 18.2. The van der Waals surface area contributed by atoms with Crippen LogP contribution >= 0.6 is 11.6 Å². The Morgan fingerprint density at radius 2 is 1.88 bits per heavy atom. The van der Waals surface area contributed by atoms with Gasteiger partial charge in [-0.2, -0.15) is 4.31 Å². The largest absolute Gasteiger partial charge is 0.497 e.